The molecular weight excluding hydrogens is 270 g/mol. The number of hydrogen-bond donors (Lipinski definition) is 0. The van der Waals surface area contributed by atoms with Crippen LogP contribution in [-0.4, -0.2) is 17.4 Å². The number of nitrogens with zero attached hydrogens (tertiary/aromatic N) is 1. The highest BCUT2D eigenvalue weighted by molar-refractivity contribution is 5.95. The Labute approximate surface area is 133 Å². The van der Waals surface area contributed by atoms with E-state index in [1.807, 2.05) is 17.0 Å². The summed E-state index contributed by atoms with van der Waals surface area (Å²) in [5, 5.41) is 0. The van der Waals surface area contributed by atoms with Crippen LogP contribution in [0.2, 0.25) is 0 Å². The first-order valence-corrected chi connectivity index (χ1v) is 8.26. The summed E-state index contributed by atoms with van der Waals surface area (Å²) >= 11 is 0. The van der Waals surface area contributed by atoms with Gasteiger partial charge in [-0.3, -0.25) is 4.79 Å². The van der Waals surface area contributed by atoms with E-state index in [0.717, 1.165) is 24.9 Å². The van der Waals surface area contributed by atoms with Crippen LogP contribution in [-0.2, 0) is 5.41 Å². The number of piperidine rings is 1. The van der Waals surface area contributed by atoms with Gasteiger partial charge in [-0.15, -0.1) is 0 Å². The Morgan fingerprint density at radius 3 is 2.59 bits per heavy atom. The first-order valence-electron chi connectivity index (χ1n) is 8.26. The zero-order valence-corrected chi connectivity index (χ0v) is 13.8. The average molecular weight is 295 g/mol. The van der Waals surface area contributed by atoms with E-state index in [0.29, 0.717) is 5.92 Å². The summed E-state index contributed by atoms with van der Waals surface area (Å²) in [7, 11) is 0. The van der Waals surface area contributed by atoms with Crippen molar-refractivity contribution in [3.63, 3.8) is 0 Å². The maximum absolute atomic E-state index is 12.9. The topological polar surface area (TPSA) is 20.3 Å². The summed E-state index contributed by atoms with van der Waals surface area (Å²) in [5.41, 5.74) is 3.39. The molecule has 0 aromatic heterocycles. The van der Waals surface area contributed by atoms with Crippen molar-refractivity contribution in [2.24, 2.45) is 5.92 Å². The molecule has 1 aromatic rings. The third-order valence-corrected chi connectivity index (χ3v) is 4.73. The molecule has 1 aromatic carbocycles. The molecule has 0 saturated carbocycles. The Hall–Kier alpha value is -1.83. The van der Waals surface area contributed by atoms with Gasteiger partial charge in [-0.05, 0) is 48.4 Å². The number of likely N-dealkylation sites (tertiary alicyclic amines) is 1. The highest BCUT2D eigenvalue weighted by atomic mass is 16.2. The smallest absolute Gasteiger partial charge is 0.258 e. The Balaban J connectivity index is 1.84. The fourth-order valence-electron chi connectivity index (χ4n) is 3.35. The second kappa shape index (κ2) is 5.75. The van der Waals surface area contributed by atoms with Gasteiger partial charge in [0.05, 0.1) is 0 Å². The summed E-state index contributed by atoms with van der Waals surface area (Å²) in [6.45, 7) is 7.42. The van der Waals surface area contributed by atoms with Crippen LogP contribution in [0.1, 0.15) is 56.0 Å². The molecule has 0 N–H and O–H groups in total. The minimum atomic E-state index is 0.120. The normalized spacial score (nSPS) is 21.3. The highest BCUT2D eigenvalue weighted by Gasteiger charge is 2.29. The lowest BCUT2D eigenvalue weighted by atomic mass is 9.86. The molecule has 0 radical (unpaired) electrons. The maximum Gasteiger partial charge on any atom is 0.258 e. The van der Waals surface area contributed by atoms with Crippen molar-refractivity contribution in [1.82, 2.24) is 4.90 Å². The summed E-state index contributed by atoms with van der Waals surface area (Å²) in [5.74, 6) is 0.670. The van der Waals surface area contributed by atoms with Crippen molar-refractivity contribution >= 4 is 5.91 Å². The standard InChI is InChI=1S/C20H25NO/c1-20(2,3)17-12-10-16(11-13-17)19(22)21-14-6-8-15-7-4-5-9-18(15)21/h4-5,9-13,15H,6-8,14H2,1-3H3. The first kappa shape index (κ1) is 15.1. The van der Waals surface area contributed by atoms with Crippen molar-refractivity contribution in [3.05, 3.63) is 59.3 Å². The molecule has 2 aliphatic rings. The van der Waals surface area contributed by atoms with Crippen LogP contribution in [0.4, 0.5) is 0 Å². The number of rotatable bonds is 1. The fraction of sp³-hybridized carbons (Fsp3) is 0.450. The minimum Gasteiger partial charge on any atom is -0.312 e. The quantitative estimate of drug-likeness (QED) is 0.736. The number of carbonyl (C=O) groups is 1. The molecule has 2 nitrogen and oxygen atoms in total. The van der Waals surface area contributed by atoms with Gasteiger partial charge in [0, 0.05) is 23.7 Å². The van der Waals surface area contributed by atoms with Crippen molar-refractivity contribution in [1.29, 1.82) is 0 Å². The molecule has 1 saturated heterocycles. The molecule has 116 valence electrons. The van der Waals surface area contributed by atoms with Gasteiger partial charge in [0.15, 0.2) is 0 Å². The number of amides is 1. The van der Waals surface area contributed by atoms with Gasteiger partial charge in [0.1, 0.15) is 0 Å². The van der Waals surface area contributed by atoms with Crippen LogP contribution in [0.25, 0.3) is 0 Å². The average Bonchev–Trinajstić information content (AvgIpc) is 2.53. The zero-order valence-electron chi connectivity index (χ0n) is 13.8. The van der Waals surface area contributed by atoms with E-state index >= 15 is 0 Å². The molecule has 1 heterocycles. The SMILES string of the molecule is CC(C)(C)c1ccc(C(=O)N2CCCC3CC=CC=C32)cc1. The van der Waals surface area contributed by atoms with Crippen molar-refractivity contribution < 1.29 is 4.79 Å². The minimum absolute atomic E-state index is 0.120. The molecule has 1 fully saturated rings. The second-order valence-electron chi connectivity index (χ2n) is 7.38. The van der Waals surface area contributed by atoms with Gasteiger partial charge < -0.3 is 4.90 Å². The molecule has 2 heteroatoms. The number of hydrogen-bond acceptors (Lipinski definition) is 1. The predicted octanol–water partition coefficient (Wildman–Crippen LogP) is 4.68. The summed E-state index contributed by atoms with van der Waals surface area (Å²) in [6.07, 6.45) is 9.78. The van der Waals surface area contributed by atoms with Crippen molar-refractivity contribution in [2.45, 2.75) is 45.4 Å². The molecule has 0 spiro atoms. The third kappa shape index (κ3) is 2.87. The lowest BCUT2D eigenvalue weighted by molar-refractivity contribution is 0.0757. The van der Waals surface area contributed by atoms with Gasteiger partial charge in [-0.25, -0.2) is 0 Å². The molecular formula is C20H25NO. The van der Waals surface area contributed by atoms with Crippen LogP contribution in [0, 0.1) is 5.92 Å². The number of carbonyl (C=O) groups excluding carboxylic acids is 1. The van der Waals surface area contributed by atoms with E-state index in [4.69, 9.17) is 0 Å². The first-order chi connectivity index (χ1) is 10.5. The summed E-state index contributed by atoms with van der Waals surface area (Å²) in [4.78, 5) is 14.9. The van der Waals surface area contributed by atoms with Crippen molar-refractivity contribution in [2.75, 3.05) is 6.54 Å². The van der Waals surface area contributed by atoms with E-state index in [9.17, 15) is 4.79 Å². The number of benzene rings is 1. The summed E-state index contributed by atoms with van der Waals surface area (Å²) < 4.78 is 0. The monoisotopic (exact) mass is 295 g/mol. The van der Waals surface area contributed by atoms with E-state index in [2.05, 4.69) is 51.1 Å². The lowest BCUT2D eigenvalue weighted by Crippen LogP contribution is -2.38. The molecule has 1 unspecified atom stereocenters. The largest absolute Gasteiger partial charge is 0.312 e. The van der Waals surface area contributed by atoms with Gasteiger partial charge in [0.2, 0.25) is 0 Å². The Kier molecular flexibility index (Phi) is 3.94. The van der Waals surface area contributed by atoms with E-state index in [-0.39, 0.29) is 11.3 Å². The molecule has 3 rings (SSSR count). The van der Waals surface area contributed by atoms with Crippen LogP contribution < -0.4 is 0 Å². The molecule has 1 atom stereocenters. The third-order valence-electron chi connectivity index (χ3n) is 4.73. The Morgan fingerprint density at radius 2 is 1.91 bits per heavy atom. The van der Waals surface area contributed by atoms with Crippen LogP contribution in [0.5, 0.6) is 0 Å². The maximum atomic E-state index is 12.9. The molecule has 0 bridgehead atoms. The zero-order chi connectivity index (χ0) is 15.7. The molecule has 22 heavy (non-hydrogen) atoms. The number of fused-ring (bicyclic) bond motifs is 1. The lowest BCUT2D eigenvalue weighted by Gasteiger charge is -2.36. The van der Waals surface area contributed by atoms with Crippen LogP contribution in [0.15, 0.2) is 48.2 Å². The van der Waals surface area contributed by atoms with Crippen LogP contribution in [0.3, 0.4) is 0 Å². The van der Waals surface area contributed by atoms with E-state index in [1.165, 1.54) is 17.7 Å². The van der Waals surface area contributed by atoms with Crippen LogP contribution >= 0.6 is 0 Å². The second-order valence-corrected chi connectivity index (χ2v) is 7.38. The highest BCUT2D eigenvalue weighted by Crippen LogP contribution is 2.33. The van der Waals surface area contributed by atoms with Gasteiger partial charge in [-0.1, -0.05) is 45.1 Å². The van der Waals surface area contributed by atoms with Gasteiger partial charge in [-0.2, -0.15) is 0 Å². The van der Waals surface area contributed by atoms with E-state index in [1.54, 1.807) is 0 Å². The molecule has 1 amide bonds. The fourth-order valence-corrected chi connectivity index (χ4v) is 3.35. The Bertz CT molecular complexity index is 616. The van der Waals surface area contributed by atoms with Gasteiger partial charge >= 0.3 is 0 Å². The summed E-state index contributed by atoms with van der Waals surface area (Å²) in [6, 6.07) is 8.13. The molecule has 1 aliphatic heterocycles. The predicted molar refractivity (Wildman–Crippen MR) is 90.7 cm³/mol. The van der Waals surface area contributed by atoms with E-state index < -0.39 is 0 Å². The Morgan fingerprint density at radius 1 is 1.18 bits per heavy atom. The number of allylic oxidation sites excluding steroid dienone is 4. The molecule has 1 aliphatic carbocycles. The van der Waals surface area contributed by atoms with Gasteiger partial charge in [0.25, 0.3) is 5.91 Å². The van der Waals surface area contributed by atoms with Crippen molar-refractivity contribution in [3.8, 4) is 0 Å².